The van der Waals surface area contributed by atoms with Gasteiger partial charge in [0.25, 0.3) is 0 Å². The van der Waals surface area contributed by atoms with Gasteiger partial charge < -0.3 is 5.32 Å². The molecule has 0 spiro atoms. The summed E-state index contributed by atoms with van der Waals surface area (Å²) in [4.78, 5) is 0. The van der Waals surface area contributed by atoms with Crippen molar-refractivity contribution in [3.63, 3.8) is 0 Å². The molecule has 0 aliphatic heterocycles. The van der Waals surface area contributed by atoms with Crippen LogP contribution in [0.2, 0.25) is 0 Å². The van der Waals surface area contributed by atoms with Crippen LogP contribution in [-0.2, 0) is 10.8 Å². The molecule has 2 nitrogen and oxygen atoms in total. The Morgan fingerprint density at radius 1 is 1.22 bits per heavy atom. The molecule has 1 aromatic rings. The molecule has 0 aliphatic carbocycles. The van der Waals surface area contributed by atoms with Gasteiger partial charge >= 0.3 is 0 Å². The van der Waals surface area contributed by atoms with Gasteiger partial charge in [0.1, 0.15) is 0 Å². The van der Waals surface area contributed by atoms with Gasteiger partial charge in [-0.25, -0.2) is 0 Å². The monoisotopic (exact) mass is 267 g/mol. The molecule has 1 N–H and O–H groups in total. The zero-order valence-electron chi connectivity index (χ0n) is 12.1. The van der Waals surface area contributed by atoms with Crippen molar-refractivity contribution < 1.29 is 4.21 Å². The number of nitrogens with one attached hydrogen (secondary N) is 1. The molecule has 0 saturated carbocycles. The maximum atomic E-state index is 12.6. The first kappa shape index (κ1) is 15.4. The fourth-order valence-electron chi connectivity index (χ4n) is 2.19. The van der Waals surface area contributed by atoms with Crippen molar-refractivity contribution >= 4 is 10.8 Å². The summed E-state index contributed by atoms with van der Waals surface area (Å²) in [5.74, 6) is 0. The fraction of sp³-hybridized carbons (Fsp3) is 0.600. The van der Waals surface area contributed by atoms with Gasteiger partial charge in [-0.2, -0.15) is 0 Å². The van der Waals surface area contributed by atoms with Gasteiger partial charge in [0.05, 0.1) is 5.25 Å². The third kappa shape index (κ3) is 3.66. The Balaban J connectivity index is 3.02. The molecular weight excluding hydrogens is 242 g/mol. The van der Waals surface area contributed by atoms with E-state index in [0.717, 1.165) is 6.42 Å². The Morgan fingerprint density at radius 3 is 2.17 bits per heavy atom. The second-order valence-electron chi connectivity index (χ2n) is 5.53. The zero-order chi connectivity index (χ0) is 13.8. The lowest BCUT2D eigenvalue weighted by atomic mass is 10.0. The van der Waals surface area contributed by atoms with Crippen LogP contribution in [0.3, 0.4) is 0 Å². The van der Waals surface area contributed by atoms with E-state index in [9.17, 15) is 4.21 Å². The first-order chi connectivity index (χ1) is 8.41. The van der Waals surface area contributed by atoms with E-state index in [2.05, 4.69) is 24.4 Å². The van der Waals surface area contributed by atoms with Crippen LogP contribution in [0.15, 0.2) is 30.3 Å². The molecule has 18 heavy (non-hydrogen) atoms. The molecule has 3 atom stereocenters. The fourth-order valence-corrected chi connectivity index (χ4v) is 3.94. The maximum absolute atomic E-state index is 12.6. The van der Waals surface area contributed by atoms with E-state index < -0.39 is 10.8 Å². The van der Waals surface area contributed by atoms with Gasteiger partial charge in [-0.3, -0.25) is 4.21 Å². The third-order valence-corrected chi connectivity index (χ3v) is 5.48. The highest BCUT2D eigenvalue weighted by molar-refractivity contribution is 7.87. The van der Waals surface area contributed by atoms with Crippen LogP contribution in [0, 0.1) is 0 Å². The summed E-state index contributed by atoms with van der Waals surface area (Å²) in [6.07, 6.45) is 0.907. The van der Waals surface area contributed by atoms with Crippen LogP contribution in [0.1, 0.15) is 45.7 Å². The van der Waals surface area contributed by atoms with Crippen molar-refractivity contribution in [2.75, 3.05) is 7.05 Å². The van der Waals surface area contributed by atoms with Crippen LogP contribution in [0.25, 0.3) is 0 Å². The SMILES string of the molecule is CCC(C(NC)c1ccccc1)S(=O)C(C)(C)C. The van der Waals surface area contributed by atoms with Crippen molar-refractivity contribution in [1.82, 2.24) is 5.32 Å². The molecule has 0 radical (unpaired) electrons. The van der Waals surface area contributed by atoms with Crippen molar-refractivity contribution in [2.45, 2.75) is 50.2 Å². The van der Waals surface area contributed by atoms with Gasteiger partial charge in [0, 0.05) is 21.6 Å². The first-order valence-corrected chi connectivity index (χ1v) is 7.76. The van der Waals surface area contributed by atoms with Gasteiger partial charge in [0.2, 0.25) is 0 Å². The van der Waals surface area contributed by atoms with Gasteiger partial charge in [-0.05, 0) is 39.8 Å². The molecule has 0 saturated heterocycles. The smallest absolute Gasteiger partial charge is 0.0545 e. The summed E-state index contributed by atoms with van der Waals surface area (Å²) in [5.41, 5.74) is 1.21. The highest BCUT2D eigenvalue weighted by Crippen LogP contribution is 2.28. The topological polar surface area (TPSA) is 29.1 Å². The van der Waals surface area contributed by atoms with E-state index in [1.54, 1.807) is 0 Å². The van der Waals surface area contributed by atoms with Crippen LogP contribution < -0.4 is 5.32 Å². The molecule has 1 aromatic carbocycles. The molecule has 0 aliphatic rings. The summed E-state index contributed by atoms with van der Waals surface area (Å²) >= 11 is 0. The number of rotatable bonds is 5. The van der Waals surface area contributed by atoms with Crippen LogP contribution in [0.5, 0.6) is 0 Å². The largest absolute Gasteiger partial charge is 0.312 e. The van der Waals surface area contributed by atoms with Crippen molar-refractivity contribution in [1.29, 1.82) is 0 Å². The quantitative estimate of drug-likeness (QED) is 0.887. The third-order valence-electron chi connectivity index (χ3n) is 3.12. The van der Waals surface area contributed by atoms with Crippen molar-refractivity contribution in [3.05, 3.63) is 35.9 Å². The van der Waals surface area contributed by atoms with E-state index in [0.29, 0.717) is 0 Å². The van der Waals surface area contributed by atoms with E-state index in [1.807, 2.05) is 46.0 Å². The highest BCUT2D eigenvalue weighted by Gasteiger charge is 2.32. The minimum absolute atomic E-state index is 0.136. The lowest BCUT2D eigenvalue weighted by molar-refractivity contribution is 0.528. The summed E-state index contributed by atoms with van der Waals surface area (Å²) in [5, 5.41) is 3.47. The Kier molecular flexibility index (Phi) is 5.54. The van der Waals surface area contributed by atoms with Crippen molar-refractivity contribution in [3.8, 4) is 0 Å². The number of hydrogen-bond acceptors (Lipinski definition) is 2. The normalized spacial score (nSPS) is 17.2. The van der Waals surface area contributed by atoms with Crippen LogP contribution in [0.4, 0.5) is 0 Å². The van der Waals surface area contributed by atoms with E-state index in [1.165, 1.54) is 5.56 Å². The van der Waals surface area contributed by atoms with E-state index in [4.69, 9.17) is 0 Å². The predicted molar refractivity (Wildman–Crippen MR) is 80.2 cm³/mol. The highest BCUT2D eigenvalue weighted by atomic mass is 32.2. The molecule has 0 fully saturated rings. The molecule has 0 amide bonds. The Morgan fingerprint density at radius 2 is 1.78 bits per heavy atom. The first-order valence-electron chi connectivity index (χ1n) is 6.54. The standard InChI is InChI=1S/C15H25NOS/c1-6-13(18(17)15(2,3)4)14(16-5)12-10-8-7-9-11-12/h7-11,13-14,16H,6H2,1-5H3. The summed E-state index contributed by atoms with van der Waals surface area (Å²) in [7, 11) is 1.08. The maximum Gasteiger partial charge on any atom is 0.0545 e. The molecule has 0 bridgehead atoms. The van der Waals surface area contributed by atoms with Crippen LogP contribution >= 0.6 is 0 Å². The Labute approximate surface area is 114 Å². The van der Waals surface area contributed by atoms with E-state index >= 15 is 0 Å². The minimum atomic E-state index is -0.868. The van der Waals surface area contributed by atoms with Gasteiger partial charge in [-0.15, -0.1) is 0 Å². The lowest BCUT2D eigenvalue weighted by Gasteiger charge is -2.31. The molecule has 3 unspecified atom stereocenters. The van der Waals surface area contributed by atoms with E-state index in [-0.39, 0.29) is 16.0 Å². The van der Waals surface area contributed by atoms with Crippen LogP contribution in [-0.4, -0.2) is 21.3 Å². The Bertz CT molecular complexity index is 383. The molecule has 0 heterocycles. The number of benzene rings is 1. The molecular formula is C15H25NOS. The zero-order valence-corrected chi connectivity index (χ0v) is 12.9. The van der Waals surface area contributed by atoms with Gasteiger partial charge in [0.15, 0.2) is 0 Å². The molecule has 0 aromatic heterocycles. The lowest BCUT2D eigenvalue weighted by Crippen LogP contribution is -2.39. The summed E-state index contributed by atoms with van der Waals surface area (Å²) in [6, 6.07) is 10.4. The Hall–Kier alpha value is -0.670. The average molecular weight is 267 g/mol. The van der Waals surface area contributed by atoms with Crippen molar-refractivity contribution in [2.24, 2.45) is 0 Å². The summed E-state index contributed by atoms with van der Waals surface area (Å²) in [6.45, 7) is 8.25. The average Bonchev–Trinajstić information content (AvgIpc) is 2.35. The predicted octanol–water partition coefficient (Wildman–Crippen LogP) is 3.27. The van der Waals surface area contributed by atoms with Gasteiger partial charge in [-0.1, -0.05) is 37.3 Å². The second kappa shape index (κ2) is 6.48. The molecule has 3 heteroatoms. The molecule has 1 rings (SSSR count). The second-order valence-corrected chi connectivity index (χ2v) is 7.96. The molecule has 102 valence electrons. The summed E-state index contributed by atoms with van der Waals surface area (Å²) < 4.78 is 12.5. The number of hydrogen-bond donors (Lipinski definition) is 1. The minimum Gasteiger partial charge on any atom is -0.312 e.